The minimum atomic E-state index is -4.90. The van der Waals surface area contributed by atoms with Crippen LogP contribution in [0.5, 0.6) is 5.75 Å². The monoisotopic (exact) mass is 523 g/mol. The van der Waals surface area contributed by atoms with E-state index in [1.165, 1.54) is 19.2 Å². The van der Waals surface area contributed by atoms with Crippen molar-refractivity contribution in [1.29, 1.82) is 0 Å². The van der Waals surface area contributed by atoms with Crippen LogP contribution in [0.2, 0.25) is 5.02 Å². The third-order valence-corrected chi connectivity index (χ3v) is 5.76. The Morgan fingerprint density at radius 1 is 1.03 bits per heavy atom. The summed E-state index contributed by atoms with van der Waals surface area (Å²) >= 11 is 6.44. The Labute approximate surface area is 205 Å². The summed E-state index contributed by atoms with van der Waals surface area (Å²) in [5, 5.41) is 2.20. The van der Waals surface area contributed by atoms with Gasteiger partial charge in [-0.05, 0) is 42.0 Å². The molecular weight excluding hydrogens is 509 g/mol. The maximum Gasteiger partial charge on any atom is 0.417 e. The van der Waals surface area contributed by atoms with Gasteiger partial charge in [0.1, 0.15) is 17.4 Å². The number of amides is 2. The number of carbonyl (C=O) groups is 2. The zero-order chi connectivity index (χ0) is 26.4. The molecule has 1 heterocycles. The smallest absolute Gasteiger partial charge is 0.417 e. The summed E-state index contributed by atoms with van der Waals surface area (Å²) in [7, 11) is 1.30. The SMILES string of the molecule is COc1ccc2c(c(-c3ccc(C(N)=O)cc3C(F)(F)F)cn2C(=O)Nc2ccc(F)cc2F)c1Cl. The van der Waals surface area contributed by atoms with Crippen molar-refractivity contribution in [2.45, 2.75) is 6.18 Å². The third kappa shape index (κ3) is 4.44. The summed E-state index contributed by atoms with van der Waals surface area (Å²) < 4.78 is 75.4. The molecule has 0 atom stereocenters. The minimum Gasteiger partial charge on any atom is -0.495 e. The summed E-state index contributed by atoms with van der Waals surface area (Å²) in [6, 6.07) is 7.06. The first-order valence-corrected chi connectivity index (χ1v) is 10.5. The molecule has 0 fully saturated rings. The van der Waals surface area contributed by atoms with E-state index in [1.807, 2.05) is 0 Å². The van der Waals surface area contributed by atoms with Crippen molar-refractivity contribution < 1.29 is 36.3 Å². The molecule has 0 unspecified atom stereocenters. The van der Waals surface area contributed by atoms with E-state index >= 15 is 0 Å². The lowest BCUT2D eigenvalue weighted by molar-refractivity contribution is -0.137. The highest BCUT2D eigenvalue weighted by Gasteiger charge is 2.35. The van der Waals surface area contributed by atoms with E-state index < -0.39 is 40.9 Å². The molecule has 0 radical (unpaired) electrons. The van der Waals surface area contributed by atoms with Crippen molar-refractivity contribution in [3.05, 3.63) is 82.5 Å². The summed E-state index contributed by atoms with van der Waals surface area (Å²) in [6.45, 7) is 0. The van der Waals surface area contributed by atoms with E-state index in [0.29, 0.717) is 12.1 Å². The van der Waals surface area contributed by atoms with Crippen LogP contribution in [0.15, 0.2) is 54.7 Å². The number of nitrogens with zero attached hydrogens (tertiary/aromatic N) is 1. The fraction of sp³-hybridized carbons (Fsp3) is 0.0833. The molecule has 2 amide bonds. The Morgan fingerprint density at radius 2 is 1.75 bits per heavy atom. The van der Waals surface area contributed by atoms with Crippen LogP contribution in [0.25, 0.3) is 22.0 Å². The maximum absolute atomic E-state index is 14.1. The first kappa shape index (κ1) is 25.0. The van der Waals surface area contributed by atoms with Gasteiger partial charge in [0.05, 0.1) is 28.9 Å². The standard InChI is InChI=1S/C24H15ClF5N3O3/c1-36-19-7-6-18-20(21(19)25)14(13-4-2-11(22(31)34)8-15(13)24(28,29)30)10-33(18)23(35)32-17-5-3-12(26)9-16(17)27/h2-10H,1H3,(H2,31,34)(H,32,35). The van der Waals surface area contributed by atoms with Crippen molar-refractivity contribution in [1.82, 2.24) is 4.57 Å². The molecule has 36 heavy (non-hydrogen) atoms. The van der Waals surface area contributed by atoms with Crippen molar-refractivity contribution in [3.63, 3.8) is 0 Å². The van der Waals surface area contributed by atoms with Crippen molar-refractivity contribution in [2.24, 2.45) is 5.73 Å². The van der Waals surface area contributed by atoms with Gasteiger partial charge < -0.3 is 15.8 Å². The van der Waals surface area contributed by atoms with E-state index in [0.717, 1.165) is 35.0 Å². The second-order valence-electron chi connectivity index (χ2n) is 7.57. The van der Waals surface area contributed by atoms with Crippen LogP contribution in [0.4, 0.5) is 32.4 Å². The number of aromatic nitrogens is 1. The van der Waals surface area contributed by atoms with Gasteiger partial charge in [0.2, 0.25) is 5.91 Å². The fourth-order valence-electron chi connectivity index (χ4n) is 3.73. The molecule has 3 aromatic carbocycles. The largest absolute Gasteiger partial charge is 0.495 e. The Balaban J connectivity index is 1.97. The number of methoxy groups -OCH3 is 1. The number of hydrogen-bond donors (Lipinski definition) is 2. The first-order valence-electron chi connectivity index (χ1n) is 10.1. The van der Waals surface area contributed by atoms with Crippen LogP contribution >= 0.6 is 11.6 Å². The van der Waals surface area contributed by atoms with Gasteiger partial charge in [0, 0.05) is 28.8 Å². The molecule has 0 aliphatic rings. The normalized spacial score (nSPS) is 11.5. The molecule has 0 aliphatic heterocycles. The van der Waals surface area contributed by atoms with E-state index in [2.05, 4.69) is 5.32 Å². The fourth-order valence-corrected chi connectivity index (χ4v) is 4.07. The van der Waals surface area contributed by atoms with Gasteiger partial charge >= 0.3 is 12.2 Å². The number of nitrogens with one attached hydrogen (secondary N) is 1. The number of hydrogen-bond acceptors (Lipinski definition) is 3. The molecule has 0 saturated carbocycles. The summed E-state index contributed by atoms with van der Waals surface area (Å²) in [5.41, 5.74) is 2.79. The molecule has 6 nitrogen and oxygen atoms in total. The van der Waals surface area contributed by atoms with Crippen LogP contribution in [-0.4, -0.2) is 23.6 Å². The number of anilines is 1. The highest BCUT2D eigenvalue weighted by atomic mass is 35.5. The average molecular weight is 524 g/mol. The van der Waals surface area contributed by atoms with Crippen LogP contribution in [-0.2, 0) is 6.18 Å². The van der Waals surface area contributed by atoms with E-state index in [-0.39, 0.29) is 38.5 Å². The Kier molecular flexibility index (Phi) is 6.35. The molecule has 4 aromatic rings. The Bertz CT molecular complexity index is 1530. The summed E-state index contributed by atoms with van der Waals surface area (Å²) in [6.07, 6.45) is -3.82. The number of carbonyl (C=O) groups excluding carboxylic acids is 2. The van der Waals surface area contributed by atoms with Crippen LogP contribution in [0.3, 0.4) is 0 Å². The lowest BCUT2D eigenvalue weighted by Gasteiger charge is -2.14. The molecule has 4 rings (SSSR count). The van der Waals surface area contributed by atoms with Gasteiger partial charge in [-0.2, -0.15) is 13.2 Å². The molecular formula is C24H15ClF5N3O3. The molecule has 0 bridgehead atoms. The molecule has 186 valence electrons. The zero-order valence-electron chi connectivity index (χ0n) is 18.2. The van der Waals surface area contributed by atoms with Crippen LogP contribution in [0, 0.1) is 11.6 Å². The van der Waals surface area contributed by atoms with Crippen molar-refractivity contribution in [2.75, 3.05) is 12.4 Å². The van der Waals surface area contributed by atoms with Gasteiger partial charge in [-0.15, -0.1) is 0 Å². The van der Waals surface area contributed by atoms with Gasteiger partial charge in [-0.1, -0.05) is 17.7 Å². The molecule has 0 aliphatic carbocycles. The number of alkyl halides is 3. The lowest BCUT2D eigenvalue weighted by Crippen LogP contribution is -2.19. The molecule has 0 spiro atoms. The van der Waals surface area contributed by atoms with Crippen LogP contribution in [0.1, 0.15) is 15.9 Å². The van der Waals surface area contributed by atoms with Gasteiger partial charge in [0.15, 0.2) is 0 Å². The predicted molar refractivity (Wildman–Crippen MR) is 123 cm³/mol. The van der Waals surface area contributed by atoms with Crippen molar-refractivity contribution >= 4 is 40.1 Å². The zero-order valence-corrected chi connectivity index (χ0v) is 19.0. The van der Waals surface area contributed by atoms with Gasteiger partial charge in [0.25, 0.3) is 0 Å². The summed E-state index contributed by atoms with van der Waals surface area (Å²) in [5.74, 6) is -2.86. The third-order valence-electron chi connectivity index (χ3n) is 5.38. The van der Waals surface area contributed by atoms with Gasteiger partial charge in [-0.25, -0.2) is 13.6 Å². The number of halogens is 6. The first-order chi connectivity index (χ1) is 16.9. The lowest BCUT2D eigenvalue weighted by atomic mass is 9.96. The Hall–Kier alpha value is -4.12. The van der Waals surface area contributed by atoms with E-state index in [9.17, 15) is 31.5 Å². The number of benzene rings is 3. The highest BCUT2D eigenvalue weighted by Crippen LogP contribution is 2.44. The second kappa shape index (κ2) is 9.15. The molecule has 3 N–H and O–H groups in total. The molecule has 12 heteroatoms. The van der Waals surface area contributed by atoms with Crippen LogP contribution < -0.4 is 15.8 Å². The molecule has 1 aromatic heterocycles. The van der Waals surface area contributed by atoms with E-state index in [1.54, 1.807) is 0 Å². The van der Waals surface area contributed by atoms with E-state index in [4.69, 9.17) is 22.1 Å². The number of rotatable bonds is 4. The average Bonchev–Trinajstić information content (AvgIpc) is 3.20. The number of primary amides is 1. The molecule has 0 saturated heterocycles. The van der Waals surface area contributed by atoms with Gasteiger partial charge in [-0.3, -0.25) is 9.36 Å². The number of nitrogens with two attached hydrogens (primary N) is 1. The maximum atomic E-state index is 14.1. The number of ether oxygens (including phenoxy) is 1. The second-order valence-corrected chi connectivity index (χ2v) is 7.94. The predicted octanol–water partition coefficient (Wildman–Crippen LogP) is 6.45. The highest BCUT2D eigenvalue weighted by molar-refractivity contribution is 6.38. The quantitative estimate of drug-likeness (QED) is 0.302. The minimum absolute atomic E-state index is 0.0306. The summed E-state index contributed by atoms with van der Waals surface area (Å²) in [4.78, 5) is 24.5. The number of fused-ring (bicyclic) bond motifs is 1. The Morgan fingerprint density at radius 3 is 2.36 bits per heavy atom. The topological polar surface area (TPSA) is 86.3 Å². The van der Waals surface area contributed by atoms with Crippen molar-refractivity contribution in [3.8, 4) is 16.9 Å².